The number of nitrogens with zero attached hydrogens (tertiary/aromatic N) is 2. The van der Waals surface area contributed by atoms with Crippen LogP contribution in [0.15, 0.2) is 42.6 Å². The molecule has 0 spiro atoms. The number of piperidine rings is 1. The average molecular weight is 371 g/mol. The van der Waals surface area contributed by atoms with Crippen LogP contribution in [0.5, 0.6) is 0 Å². The number of anilines is 1. The standard InChI is InChI=1S/C21H29N3O3/c1-23-12-5-6-17(23)9-13-24-14-10-21(11-15-24,16-27-2)18-7-3-4-8-19(18)22-20(25)26/h3-8,12,22H,9-11,13-16H2,1-2H3,(H,25,26). The molecule has 2 heterocycles. The smallest absolute Gasteiger partial charge is 0.409 e. The van der Waals surface area contributed by atoms with E-state index in [0.717, 1.165) is 44.5 Å². The van der Waals surface area contributed by atoms with E-state index in [9.17, 15) is 9.90 Å². The van der Waals surface area contributed by atoms with Crippen molar-refractivity contribution in [3.05, 3.63) is 53.9 Å². The summed E-state index contributed by atoms with van der Waals surface area (Å²) in [7, 11) is 3.80. The predicted octanol–water partition coefficient (Wildman–Crippen LogP) is 3.34. The zero-order chi connectivity index (χ0) is 19.3. The number of hydrogen-bond acceptors (Lipinski definition) is 3. The second-order valence-electron chi connectivity index (χ2n) is 7.39. The molecule has 1 amide bonds. The highest BCUT2D eigenvalue weighted by molar-refractivity contribution is 5.84. The first-order valence-electron chi connectivity index (χ1n) is 9.45. The first-order chi connectivity index (χ1) is 13.0. The third-order valence-corrected chi connectivity index (χ3v) is 5.71. The van der Waals surface area contributed by atoms with Gasteiger partial charge in [0.25, 0.3) is 0 Å². The van der Waals surface area contributed by atoms with Crippen LogP contribution >= 0.6 is 0 Å². The number of benzene rings is 1. The number of likely N-dealkylation sites (tertiary alicyclic amines) is 1. The maximum atomic E-state index is 11.2. The zero-order valence-electron chi connectivity index (χ0n) is 16.1. The Morgan fingerprint density at radius 2 is 1.96 bits per heavy atom. The summed E-state index contributed by atoms with van der Waals surface area (Å²) in [6.07, 6.45) is 3.99. The number of carbonyl (C=O) groups is 1. The van der Waals surface area contributed by atoms with Gasteiger partial charge in [-0.1, -0.05) is 18.2 Å². The van der Waals surface area contributed by atoms with Crippen LogP contribution in [0.1, 0.15) is 24.1 Å². The number of rotatable bonds is 7. The lowest BCUT2D eigenvalue weighted by Crippen LogP contribution is -2.46. The lowest BCUT2D eigenvalue weighted by molar-refractivity contribution is 0.0733. The summed E-state index contributed by atoms with van der Waals surface area (Å²) >= 11 is 0. The van der Waals surface area contributed by atoms with E-state index in [1.807, 2.05) is 24.3 Å². The molecule has 6 heteroatoms. The van der Waals surface area contributed by atoms with Gasteiger partial charge in [-0.05, 0) is 49.7 Å². The number of aromatic nitrogens is 1. The van der Waals surface area contributed by atoms with Gasteiger partial charge in [-0.25, -0.2) is 4.79 Å². The molecule has 1 aromatic carbocycles. The molecule has 1 fully saturated rings. The van der Waals surface area contributed by atoms with E-state index in [4.69, 9.17) is 4.74 Å². The Kier molecular flexibility index (Phi) is 6.19. The molecule has 6 nitrogen and oxygen atoms in total. The zero-order valence-corrected chi connectivity index (χ0v) is 16.1. The molecule has 0 radical (unpaired) electrons. The molecule has 0 aliphatic carbocycles. The van der Waals surface area contributed by atoms with Gasteiger partial charge in [0.15, 0.2) is 0 Å². The first kappa shape index (κ1) is 19.5. The van der Waals surface area contributed by atoms with E-state index in [1.165, 1.54) is 5.69 Å². The molecule has 1 aliphatic heterocycles. The molecular weight excluding hydrogens is 342 g/mol. The van der Waals surface area contributed by atoms with Gasteiger partial charge in [-0.15, -0.1) is 0 Å². The molecule has 27 heavy (non-hydrogen) atoms. The molecule has 0 atom stereocenters. The van der Waals surface area contributed by atoms with Crippen LogP contribution < -0.4 is 5.32 Å². The van der Waals surface area contributed by atoms with Crippen molar-refractivity contribution in [1.82, 2.24) is 9.47 Å². The Labute approximate surface area is 160 Å². The van der Waals surface area contributed by atoms with Crippen molar-refractivity contribution in [2.75, 3.05) is 38.7 Å². The van der Waals surface area contributed by atoms with Crippen LogP contribution in [-0.4, -0.2) is 54.0 Å². The van der Waals surface area contributed by atoms with Crippen LogP contribution in [0.25, 0.3) is 0 Å². The molecule has 1 aromatic heterocycles. The van der Waals surface area contributed by atoms with Gasteiger partial charge in [0.1, 0.15) is 0 Å². The van der Waals surface area contributed by atoms with Crippen LogP contribution in [0, 0.1) is 0 Å². The monoisotopic (exact) mass is 371 g/mol. The van der Waals surface area contributed by atoms with E-state index in [1.54, 1.807) is 7.11 Å². The van der Waals surface area contributed by atoms with E-state index in [-0.39, 0.29) is 5.41 Å². The number of methoxy groups -OCH3 is 1. The molecule has 3 rings (SSSR count). The van der Waals surface area contributed by atoms with Crippen molar-refractivity contribution in [3.8, 4) is 0 Å². The lowest BCUT2D eigenvalue weighted by atomic mass is 9.72. The molecule has 1 saturated heterocycles. The highest BCUT2D eigenvalue weighted by atomic mass is 16.5. The van der Waals surface area contributed by atoms with Gasteiger partial charge in [0.2, 0.25) is 0 Å². The number of ether oxygens (including phenoxy) is 1. The van der Waals surface area contributed by atoms with Crippen molar-refractivity contribution in [2.24, 2.45) is 7.05 Å². The first-order valence-corrected chi connectivity index (χ1v) is 9.45. The number of aryl methyl sites for hydroxylation is 1. The third kappa shape index (κ3) is 4.51. The number of para-hydroxylation sites is 1. The molecule has 146 valence electrons. The summed E-state index contributed by atoms with van der Waals surface area (Å²) in [5, 5.41) is 11.7. The fourth-order valence-electron chi connectivity index (χ4n) is 4.17. The number of carboxylic acid groups (broad SMARTS) is 1. The Morgan fingerprint density at radius 3 is 2.59 bits per heavy atom. The quantitative estimate of drug-likeness (QED) is 0.783. The van der Waals surface area contributed by atoms with Crippen molar-refractivity contribution in [3.63, 3.8) is 0 Å². The average Bonchev–Trinajstić information content (AvgIpc) is 3.06. The SMILES string of the molecule is COCC1(c2ccccc2NC(=O)O)CCN(CCc2cccn2C)CC1. The second-order valence-corrected chi connectivity index (χ2v) is 7.39. The minimum atomic E-state index is -1.03. The third-order valence-electron chi connectivity index (χ3n) is 5.71. The maximum Gasteiger partial charge on any atom is 0.409 e. The topological polar surface area (TPSA) is 66.7 Å². The van der Waals surface area contributed by atoms with Crippen molar-refractivity contribution in [2.45, 2.75) is 24.7 Å². The Bertz CT molecular complexity index is 764. The highest BCUT2D eigenvalue weighted by Gasteiger charge is 2.38. The molecule has 2 N–H and O–H groups in total. The summed E-state index contributed by atoms with van der Waals surface area (Å²) < 4.78 is 7.75. The summed E-state index contributed by atoms with van der Waals surface area (Å²) in [5.74, 6) is 0. The summed E-state index contributed by atoms with van der Waals surface area (Å²) in [4.78, 5) is 13.7. The van der Waals surface area contributed by atoms with Gasteiger partial charge in [-0.3, -0.25) is 5.32 Å². The molecule has 0 saturated carbocycles. The number of amides is 1. The molecule has 2 aromatic rings. The van der Waals surface area contributed by atoms with Crippen molar-refractivity contribution in [1.29, 1.82) is 0 Å². The summed E-state index contributed by atoms with van der Waals surface area (Å²) in [5.41, 5.74) is 2.89. The fraction of sp³-hybridized carbons (Fsp3) is 0.476. The Balaban J connectivity index is 1.70. The number of nitrogens with one attached hydrogen (secondary N) is 1. The van der Waals surface area contributed by atoms with Crippen LogP contribution in [0.3, 0.4) is 0 Å². The van der Waals surface area contributed by atoms with E-state index >= 15 is 0 Å². The molecular formula is C21H29N3O3. The van der Waals surface area contributed by atoms with Crippen LogP contribution in [-0.2, 0) is 23.6 Å². The molecule has 0 unspecified atom stereocenters. The Morgan fingerprint density at radius 1 is 1.22 bits per heavy atom. The Hall–Kier alpha value is -2.31. The van der Waals surface area contributed by atoms with E-state index in [0.29, 0.717) is 12.3 Å². The second kappa shape index (κ2) is 8.59. The van der Waals surface area contributed by atoms with Crippen LogP contribution in [0.2, 0.25) is 0 Å². The van der Waals surface area contributed by atoms with Gasteiger partial charge >= 0.3 is 6.09 Å². The van der Waals surface area contributed by atoms with Gasteiger partial charge < -0.3 is 19.3 Å². The minimum absolute atomic E-state index is 0.157. The predicted molar refractivity (Wildman–Crippen MR) is 106 cm³/mol. The van der Waals surface area contributed by atoms with Crippen molar-refractivity contribution >= 4 is 11.8 Å². The van der Waals surface area contributed by atoms with Gasteiger partial charge in [0.05, 0.1) is 6.61 Å². The maximum absolute atomic E-state index is 11.2. The molecule has 0 bridgehead atoms. The van der Waals surface area contributed by atoms with Crippen LogP contribution in [0.4, 0.5) is 10.5 Å². The normalized spacial score (nSPS) is 17.0. The highest BCUT2D eigenvalue weighted by Crippen LogP contribution is 2.39. The van der Waals surface area contributed by atoms with Gasteiger partial charge in [0, 0.05) is 50.1 Å². The van der Waals surface area contributed by atoms with E-state index < -0.39 is 6.09 Å². The fourth-order valence-corrected chi connectivity index (χ4v) is 4.17. The van der Waals surface area contributed by atoms with Gasteiger partial charge in [-0.2, -0.15) is 0 Å². The largest absolute Gasteiger partial charge is 0.465 e. The van der Waals surface area contributed by atoms with E-state index in [2.05, 4.69) is 40.2 Å². The lowest BCUT2D eigenvalue weighted by Gasteiger charge is -2.42. The molecule has 1 aliphatic rings. The summed E-state index contributed by atoms with van der Waals surface area (Å²) in [6, 6.07) is 12.0. The minimum Gasteiger partial charge on any atom is -0.465 e. The summed E-state index contributed by atoms with van der Waals surface area (Å²) in [6.45, 7) is 3.59. The number of hydrogen-bond donors (Lipinski definition) is 2. The van der Waals surface area contributed by atoms with Crippen molar-refractivity contribution < 1.29 is 14.6 Å².